The van der Waals surface area contributed by atoms with Crippen LogP contribution >= 0.6 is 12.4 Å². The first-order chi connectivity index (χ1) is 12.7. The first-order valence-electron chi connectivity index (χ1n) is 9.02. The number of hydrogen-bond donors (Lipinski definition) is 0. The van der Waals surface area contributed by atoms with Crippen LogP contribution in [0, 0.1) is 6.92 Å². The number of aryl methyl sites for hydroxylation is 2. The number of rotatable bonds is 4. The van der Waals surface area contributed by atoms with Gasteiger partial charge < -0.3 is 4.90 Å². The molecular weight excluding hydrogens is 360 g/mol. The van der Waals surface area contributed by atoms with Crippen LogP contribution in [0.5, 0.6) is 0 Å². The number of nitrogens with zero attached hydrogens (tertiary/aromatic N) is 6. The highest BCUT2D eigenvalue weighted by molar-refractivity contribution is 5.85. The van der Waals surface area contributed by atoms with Crippen LogP contribution in [0.25, 0.3) is 11.3 Å². The average molecular weight is 385 g/mol. The van der Waals surface area contributed by atoms with Gasteiger partial charge in [-0.05, 0) is 12.5 Å². The molecule has 1 aromatic carbocycles. The fourth-order valence-corrected chi connectivity index (χ4v) is 3.52. The number of aromatic nitrogens is 4. The molecule has 0 atom stereocenters. The number of anilines is 1. The molecule has 0 spiro atoms. The van der Waals surface area contributed by atoms with Crippen molar-refractivity contribution in [2.45, 2.75) is 13.5 Å². The second-order valence-electron chi connectivity index (χ2n) is 6.83. The van der Waals surface area contributed by atoms with Gasteiger partial charge in [0.1, 0.15) is 5.69 Å². The zero-order chi connectivity index (χ0) is 17.9. The van der Waals surface area contributed by atoms with E-state index in [1.54, 1.807) is 12.4 Å². The molecule has 6 nitrogen and oxygen atoms in total. The van der Waals surface area contributed by atoms with Crippen molar-refractivity contribution in [1.29, 1.82) is 0 Å². The highest BCUT2D eigenvalue weighted by Crippen LogP contribution is 2.29. The van der Waals surface area contributed by atoms with Crippen LogP contribution in [0.15, 0.2) is 49.1 Å². The van der Waals surface area contributed by atoms with E-state index in [9.17, 15) is 0 Å². The number of piperazine rings is 1. The number of benzene rings is 1. The van der Waals surface area contributed by atoms with Crippen molar-refractivity contribution < 1.29 is 0 Å². The van der Waals surface area contributed by atoms with E-state index in [1.807, 2.05) is 17.9 Å². The summed E-state index contributed by atoms with van der Waals surface area (Å²) in [6.07, 6.45) is 7.61. The molecule has 3 aromatic rings. The van der Waals surface area contributed by atoms with E-state index in [4.69, 9.17) is 0 Å². The largest absolute Gasteiger partial charge is 0.352 e. The van der Waals surface area contributed by atoms with Gasteiger partial charge in [0.2, 0.25) is 0 Å². The van der Waals surface area contributed by atoms with E-state index in [0.717, 1.165) is 49.8 Å². The van der Waals surface area contributed by atoms with E-state index in [0.29, 0.717) is 0 Å². The number of halogens is 1. The Bertz CT molecular complexity index is 885. The maximum absolute atomic E-state index is 4.66. The molecule has 0 unspecified atom stereocenters. The van der Waals surface area contributed by atoms with Gasteiger partial charge in [-0.2, -0.15) is 5.10 Å². The average Bonchev–Trinajstić information content (AvgIpc) is 3.08. The molecule has 7 heteroatoms. The minimum atomic E-state index is 0. The van der Waals surface area contributed by atoms with Crippen LogP contribution in [0.3, 0.4) is 0 Å². The summed E-state index contributed by atoms with van der Waals surface area (Å²) in [6.45, 7) is 7.01. The van der Waals surface area contributed by atoms with Gasteiger partial charge in [-0.3, -0.25) is 14.6 Å². The summed E-state index contributed by atoms with van der Waals surface area (Å²) in [6, 6.07) is 8.37. The molecule has 0 radical (unpaired) electrons. The van der Waals surface area contributed by atoms with E-state index in [-0.39, 0.29) is 12.4 Å². The van der Waals surface area contributed by atoms with Crippen molar-refractivity contribution >= 4 is 18.2 Å². The minimum absolute atomic E-state index is 0. The van der Waals surface area contributed by atoms with E-state index in [2.05, 4.69) is 62.3 Å². The molecule has 1 saturated heterocycles. The van der Waals surface area contributed by atoms with Crippen molar-refractivity contribution in [3.63, 3.8) is 0 Å². The first-order valence-corrected chi connectivity index (χ1v) is 9.02. The number of hydrogen-bond acceptors (Lipinski definition) is 5. The Kier molecular flexibility index (Phi) is 6.08. The molecule has 0 N–H and O–H groups in total. The van der Waals surface area contributed by atoms with E-state index < -0.39 is 0 Å². The highest BCUT2D eigenvalue weighted by Gasteiger charge is 2.22. The predicted octanol–water partition coefficient (Wildman–Crippen LogP) is 2.93. The first kappa shape index (κ1) is 19.3. The van der Waals surface area contributed by atoms with Gasteiger partial charge in [0, 0.05) is 69.5 Å². The molecule has 1 fully saturated rings. The third-order valence-electron chi connectivity index (χ3n) is 4.92. The standard InChI is InChI=1S/C20H24N6.ClH/c1-16-5-3-4-6-18(16)19-20(22-8-7-21-19)26-11-9-25(10-12-26)15-17-13-23-24(2)14-17;/h3-8,13-14H,9-12,15H2,1-2H3;1H. The Balaban J connectivity index is 0.00000210. The normalized spacial score (nSPS) is 14.8. The molecule has 0 bridgehead atoms. The van der Waals surface area contributed by atoms with Crippen LogP contribution in [0.1, 0.15) is 11.1 Å². The van der Waals surface area contributed by atoms with Gasteiger partial charge in [0.15, 0.2) is 5.82 Å². The fraction of sp³-hybridized carbons (Fsp3) is 0.350. The van der Waals surface area contributed by atoms with Gasteiger partial charge >= 0.3 is 0 Å². The zero-order valence-electron chi connectivity index (χ0n) is 15.7. The molecule has 0 amide bonds. The third kappa shape index (κ3) is 4.28. The molecule has 1 aliphatic rings. The summed E-state index contributed by atoms with van der Waals surface area (Å²) < 4.78 is 1.86. The van der Waals surface area contributed by atoms with Crippen molar-refractivity contribution in [2.75, 3.05) is 31.1 Å². The molecule has 2 aromatic heterocycles. The van der Waals surface area contributed by atoms with Gasteiger partial charge in [0.05, 0.1) is 6.20 Å². The van der Waals surface area contributed by atoms with Crippen molar-refractivity contribution in [2.24, 2.45) is 7.05 Å². The maximum atomic E-state index is 4.66. The van der Waals surface area contributed by atoms with E-state index in [1.165, 1.54) is 11.1 Å². The lowest BCUT2D eigenvalue weighted by atomic mass is 10.1. The Morgan fingerprint density at radius 2 is 1.74 bits per heavy atom. The summed E-state index contributed by atoms with van der Waals surface area (Å²) >= 11 is 0. The molecule has 4 rings (SSSR count). The topological polar surface area (TPSA) is 50.1 Å². The Labute approximate surface area is 166 Å². The van der Waals surface area contributed by atoms with Crippen molar-refractivity contribution in [3.8, 4) is 11.3 Å². The van der Waals surface area contributed by atoms with Gasteiger partial charge in [-0.25, -0.2) is 4.98 Å². The summed E-state index contributed by atoms with van der Waals surface area (Å²) in [7, 11) is 1.96. The van der Waals surface area contributed by atoms with Gasteiger partial charge in [-0.15, -0.1) is 12.4 Å². The van der Waals surface area contributed by atoms with Crippen molar-refractivity contribution in [1.82, 2.24) is 24.6 Å². The van der Waals surface area contributed by atoms with E-state index >= 15 is 0 Å². The van der Waals surface area contributed by atoms with Crippen LogP contribution in [-0.4, -0.2) is 50.8 Å². The Morgan fingerprint density at radius 3 is 2.44 bits per heavy atom. The fourth-order valence-electron chi connectivity index (χ4n) is 3.52. The smallest absolute Gasteiger partial charge is 0.155 e. The zero-order valence-corrected chi connectivity index (χ0v) is 16.6. The second kappa shape index (κ2) is 8.50. The molecule has 1 aliphatic heterocycles. The molecular formula is C20H25ClN6. The lowest BCUT2D eigenvalue weighted by molar-refractivity contribution is 0.249. The van der Waals surface area contributed by atoms with Crippen LogP contribution in [-0.2, 0) is 13.6 Å². The lowest BCUT2D eigenvalue weighted by Gasteiger charge is -2.35. The summed E-state index contributed by atoms with van der Waals surface area (Å²) in [5, 5.41) is 4.26. The maximum Gasteiger partial charge on any atom is 0.155 e. The Morgan fingerprint density at radius 1 is 1.00 bits per heavy atom. The monoisotopic (exact) mass is 384 g/mol. The summed E-state index contributed by atoms with van der Waals surface area (Å²) in [4.78, 5) is 14.1. The molecule has 0 aliphatic carbocycles. The summed E-state index contributed by atoms with van der Waals surface area (Å²) in [5.74, 6) is 0.989. The highest BCUT2D eigenvalue weighted by atomic mass is 35.5. The van der Waals surface area contributed by atoms with Crippen LogP contribution in [0.2, 0.25) is 0 Å². The minimum Gasteiger partial charge on any atom is -0.352 e. The van der Waals surface area contributed by atoms with Crippen molar-refractivity contribution in [3.05, 3.63) is 60.2 Å². The molecule has 0 saturated carbocycles. The molecule has 27 heavy (non-hydrogen) atoms. The molecule has 142 valence electrons. The Hall–Kier alpha value is -2.44. The molecule has 3 heterocycles. The van der Waals surface area contributed by atoms with Crippen LogP contribution < -0.4 is 4.90 Å². The summed E-state index contributed by atoms with van der Waals surface area (Å²) in [5.41, 5.74) is 4.63. The lowest BCUT2D eigenvalue weighted by Crippen LogP contribution is -2.46. The third-order valence-corrected chi connectivity index (χ3v) is 4.92. The quantitative estimate of drug-likeness (QED) is 0.692. The SMILES string of the molecule is Cc1ccccc1-c1nccnc1N1CCN(Cc2cnn(C)c2)CC1.Cl. The second-order valence-corrected chi connectivity index (χ2v) is 6.83. The van der Waals surface area contributed by atoms with Gasteiger partial charge in [-0.1, -0.05) is 24.3 Å². The predicted molar refractivity (Wildman–Crippen MR) is 110 cm³/mol. The van der Waals surface area contributed by atoms with Gasteiger partial charge in [0.25, 0.3) is 0 Å². The van der Waals surface area contributed by atoms with Crippen LogP contribution in [0.4, 0.5) is 5.82 Å².